The molecule has 0 unspecified atom stereocenters. The van der Waals surface area contributed by atoms with Crippen LogP contribution in [0.5, 0.6) is 0 Å². The van der Waals surface area contributed by atoms with Gasteiger partial charge >= 0.3 is 0 Å². The van der Waals surface area contributed by atoms with Crippen molar-refractivity contribution < 1.29 is 14.0 Å². The summed E-state index contributed by atoms with van der Waals surface area (Å²) in [6.07, 6.45) is 1.55. The first kappa shape index (κ1) is 12.6. The molecule has 2 amide bonds. The average molecular weight is 288 g/mol. The van der Waals surface area contributed by atoms with Gasteiger partial charge in [-0.3, -0.25) is 15.0 Å². The lowest BCUT2D eigenvalue weighted by Gasteiger charge is -2.14. The second-order valence-electron chi connectivity index (χ2n) is 4.13. The minimum absolute atomic E-state index is 0.0665. The zero-order valence-electron chi connectivity index (χ0n) is 10.2. The van der Waals surface area contributed by atoms with E-state index in [1.807, 2.05) is 17.5 Å². The Balaban J connectivity index is 1.92. The van der Waals surface area contributed by atoms with Gasteiger partial charge in [-0.05, 0) is 41.8 Å². The zero-order valence-corrected chi connectivity index (χ0v) is 11.0. The Bertz CT molecular complexity index is 692. The predicted molar refractivity (Wildman–Crippen MR) is 74.3 cm³/mol. The number of amides is 2. The van der Waals surface area contributed by atoms with Crippen molar-refractivity contribution in [2.75, 3.05) is 5.01 Å². The monoisotopic (exact) mass is 288 g/mol. The van der Waals surface area contributed by atoms with Crippen molar-refractivity contribution >= 4 is 34.9 Å². The maximum absolute atomic E-state index is 12.9. The predicted octanol–water partition coefficient (Wildman–Crippen LogP) is 2.35. The Hall–Kier alpha value is -2.47. The van der Waals surface area contributed by atoms with Crippen LogP contribution in [0.2, 0.25) is 0 Å². The molecule has 1 aromatic heterocycles. The molecule has 1 fully saturated rings. The molecule has 20 heavy (non-hydrogen) atoms. The fourth-order valence-corrected chi connectivity index (χ4v) is 2.50. The number of nitrogens with zero attached hydrogens (tertiary/aromatic N) is 1. The summed E-state index contributed by atoms with van der Waals surface area (Å²) in [5, 5.41) is 2.97. The number of anilines is 1. The van der Waals surface area contributed by atoms with E-state index < -0.39 is 17.6 Å². The molecular weight excluding hydrogens is 279 g/mol. The topological polar surface area (TPSA) is 49.4 Å². The molecule has 4 nitrogen and oxygen atoms in total. The quantitative estimate of drug-likeness (QED) is 0.681. The van der Waals surface area contributed by atoms with Gasteiger partial charge in [-0.2, -0.15) is 0 Å². The minimum atomic E-state index is -0.465. The smallest absolute Gasteiger partial charge is 0.267 e. The van der Waals surface area contributed by atoms with E-state index in [0.29, 0.717) is 5.69 Å². The number of thiophene rings is 1. The van der Waals surface area contributed by atoms with Crippen LogP contribution in [0.4, 0.5) is 10.1 Å². The summed E-state index contributed by atoms with van der Waals surface area (Å²) in [6.45, 7) is 0. The number of hydrogen-bond acceptors (Lipinski definition) is 3. The molecule has 0 bridgehead atoms. The summed E-state index contributed by atoms with van der Waals surface area (Å²) >= 11 is 1.44. The van der Waals surface area contributed by atoms with Crippen molar-refractivity contribution in [3.8, 4) is 0 Å². The van der Waals surface area contributed by atoms with Crippen LogP contribution in [0.15, 0.2) is 47.4 Å². The van der Waals surface area contributed by atoms with E-state index >= 15 is 0 Å². The van der Waals surface area contributed by atoms with E-state index in [2.05, 4.69) is 5.43 Å². The van der Waals surface area contributed by atoms with Gasteiger partial charge in [-0.25, -0.2) is 9.40 Å². The lowest BCUT2D eigenvalue weighted by atomic mass is 10.2. The number of carbonyl (C=O) groups is 2. The van der Waals surface area contributed by atoms with Crippen LogP contribution in [0.1, 0.15) is 4.88 Å². The van der Waals surface area contributed by atoms with Crippen molar-refractivity contribution in [3.63, 3.8) is 0 Å². The van der Waals surface area contributed by atoms with Gasteiger partial charge in [-0.1, -0.05) is 6.07 Å². The van der Waals surface area contributed by atoms with Crippen LogP contribution in [-0.4, -0.2) is 11.8 Å². The number of hydrazine groups is 1. The first-order chi connectivity index (χ1) is 9.65. The molecule has 1 aromatic carbocycles. The molecule has 1 aliphatic rings. The van der Waals surface area contributed by atoms with Gasteiger partial charge in [0.05, 0.1) is 5.69 Å². The molecule has 1 aliphatic heterocycles. The summed E-state index contributed by atoms with van der Waals surface area (Å²) in [5.74, 6) is -1.32. The fourth-order valence-electron chi connectivity index (χ4n) is 1.85. The first-order valence-corrected chi connectivity index (χ1v) is 6.69. The molecule has 0 spiro atoms. The van der Waals surface area contributed by atoms with Crippen LogP contribution < -0.4 is 10.4 Å². The summed E-state index contributed by atoms with van der Waals surface area (Å²) in [6, 6.07) is 8.99. The number of carbonyl (C=O) groups excluding carboxylic acids is 2. The van der Waals surface area contributed by atoms with Crippen LogP contribution in [0.3, 0.4) is 0 Å². The number of nitrogens with one attached hydrogen (secondary N) is 1. The highest BCUT2D eigenvalue weighted by Gasteiger charge is 2.34. The zero-order chi connectivity index (χ0) is 14.1. The van der Waals surface area contributed by atoms with Gasteiger partial charge in [0.25, 0.3) is 11.8 Å². The van der Waals surface area contributed by atoms with Crippen LogP contribution in [0.25, 0.3) is 6.08 Å². The summed E-state index contributed by atoms with van der Waals surface area (Å²) in [5.41, 5.74) is 2.94. The second kappa shape index (κ2) is 4.90. The fraction of sp³-hybridized carbons (Fsp3) is 0. The van der Waals surface area contributed by atoms with E-state index in [1.165, 1.54) is 35.6 Å². The van der Waals surface area contributed by atoms with Gasteiger partial charge in [-0.15, -0.1) is 11.3 Å². The normalized spacial score (nSPS) is 16.9. The Morgan fingerprint density at radius 3 is 2.55 bits per heavy atom. The molecule has 1 N–H and O–H groups in total. The van der Waals surface area contributed by atoms with E-state index in [9.17, 15) is 14.0 Å². The molecule has 2 aromatic rings. The first-order valence-electron chi connectivity index (χ1n) is 5.81. The number of hydrogen-bond donors (Lipinski definition) is 1. The van der Waals surface area contributed by atoms with Gasteiger partial charge < -0.3 is 0 Å². The number of halogens is 1. The minimum Gasteiger partial charge on any atom is -0.267 e. The van der Waals surface area contributed by atoms with Gasteiger partial charge in [0.15, 0.2) is 0 Å². The van der Waals surface area contributed by atoms with Crippen molar-refractivity contribution in [1.29, 1.82) is 0 Å². The third kappa shape index (κ3) is 2.21. The standard InChI is InChI=1S/C14H9FN2O2S/c15-9-3-5-10(6-4-9)17-14(19)12(13(18)16-17)8-11-2-1-7-20-11/h1-8H,(H,16,18)/b12-8+. The maximum Gasteiger partial charge on any atom is 0.282 e. The Labute approximate surface area is 118 Å². The van der Waals surface area contributed by atoms with Crippen molar-refractivity contribution in [2.45, 2.75) is 0 Å². The van der Waals surface area contributed by atoms with Gasteiger partial charge in [0.2, 0.25) is 0 Å². The molecular formula is C14H9FN2O2S. The molecule has 0 atom stereocenters. The van der Waals surface area contributed by atoms with Crippen LogP contribution in [0, 0.1) is 5.82 Å². The van der Waals surface area contributed by atoms with Crippen molar-refractivity contribution in [3.05, 3.63) is 58.0 Å². The molecule has 3 rings (SSSR count). The third-order valence-corrected chi connectivity index (χ3v) is 3.63. The van der Waals surface area contributed by atoms with Gasteiger partial charge in [0, 0.05) is 4.88 Å². The second-order valence-corrected chi connectivity index (χ2v) is 5.11. The molecule has 0 saturated carbocycles. The largest absolute Gasteiger partial charge is 0.282 e. The van der Waals surface area contributed by atoms with E-state index in [-0.39, 0.29) is 5.57 Å². The van der Waals surface area contributed by atoms with Crippen molar-refractivity contribution in [2.24, 2.45) is 0 Å². The molecule has 100 valence electrons. The molecule has 1 saturated heterocycles. The lowest BCUT2D eigenvalue weighted by Crippen LogP contribution is -2.35. The van der Waals surface area contributed by atoms with Gasteiger partial charge in [0.1, 0.15) is 11.4 Å². The van der Waals surface area contributed by atoms with E-state index in [1.54, 1.807) is 6.08 Å². The lowest BCUT2D eigenvalue weighted by molar-refractivity contribution is -0.117. The summed E-state index contributed by atoms with van der Waals surface area (Å²) in [7, 11) is 0. The molecule has 0 radical (unpaired) electrons. The van der Waals surface area contributed by atoms with Crippen LogP contribution in [-0.2, 0) is 9.59 Å². The highest BCUT2D eigenvalue weighted by Crippen LogP contribution is 2.22. The molecule has 2 heterocycles. The summed E-state index contributed by atoms with van der Waals surface area (Å²) in [4.78, 5) is 24.9. The highest BCUT2D eigenvalue weighted by atomic mass is 32.1. The number of benzene rings is 1. The third-order valence-electron chi connectivity index (χ3n) is 2.81. The Morgan fingerprint density at radius 1 is 1.15 bits per heavy atom. The van der Waals surface area contributed by atoms with Crippen molar-refractivity contribution in [1.82, 2.24) is 5.43 Å². The van der Waals surface area contributed by atoms with Crippen LogP contribution >= 0.6 is 11.3 Å². The SMILES string of the molecule is O=C1NN(c2ccc(F)cc2)C(=O)/C1=C/c1cccs1. The number of rotatable bonds is 2. The summed E-state index contributed by atoms with van der Waals surface area (Å²) < 4.78 is 12.9. The highest BCUT2D eigenvalue weighted by molar-refractivity contribution is 7.10. The Kier molecular flexibility index (Phi) is 3.08. The molecule has 0 aliphatic carbocycles. The average Bonchev–Trinajstić information content (AvgIpc) is 3.04. The molecule has 6 heteroatoms. The maximum atomic E-state index is 12.9. The van der Waals surface area contributed by atoms with E-state index in [4.69, 9.17) is 0 Å². The van der Waals surface area contributed by atoms with E-state index in [0.717, 1.165) is 9.89 Å². The Morgan fingerprint density at radius 2 is 1.90 bits per heavy atom.